The minimum Gasteiger partial charge on any atom is -0.481 e. The number of hydrogen-bond donors (Lipinski definition) is 1. The van der Waals surface area contributed by atoms with E-state index in [1.165, 1.54) is 16.8 Å². The highest BCUT2D eigenvalue weighted by Gasteiger charge is 2.16. The Hall–Kier alpha value is -3.29. The first kappa shape index (κ1) is 16.6. The van der Waals surface area contributed by atoms with Crippen molar-refractivity contribution in [2.45, 2.75) is 19.6 Å². The van der Waals surface area contributed by atoms with Crippen LogP contribution < -0.4 is 10.1 Å². The third-order valence-corrected chi connectivity index (χ3v) is 3.45. The number of hydrogen-bond acceptors (Lipinski definition) is 5. The molecule has 1 N–H and O–H groups in total. The Balaban J connectivity index is 1.61. The van der Waals surface area contributed by atoms with Gasteiger partial charge in [0.15, 0.2) is 11.9 Å². The van der Waals surface area contributed by atoms with Crippen LogP contribution in [0.15, 0.2) is 54.6 Å². The molecule has 1 atom stereocenters. The van der Waals surface area contributed by atoms with Crippen LogP contribution in [0.25, 0.3) is 5.69 Å². The Morgan fingerprint density at radius 3 is 2.64 bits per heavy atom. The number of rotatable bonds is 6. The van der Waals surface area contributed by atoms with Gasteiger partial charge in [-0.1, -0.05) is 18.2 Å². The number of nitrogens with zero attached hydrogens (tertiary/aromatic N) is 4. The molecule has 1 unspecified atom stereocenters. The maximum absolute atomic E-state index is 13.0. The average Bonchev–Trinajstić information content (AvgIpc) is 3.09. The van der Waals surface area contributed by atoms with E-state index in [-0.39, 0.29) is 18.3 Å². The highest BCUT2D eigenvalue weighted by Crippen LogP contribution is 2.11. The molecule has 0 saturated carbocycles. The molecule has 1 amide bonds. The molecule has 0 aliphatic heterocycles. The summed E-state index contributed by atoms with van der Waals surface area (Å²) < 4.78 is 20.0. The van der Waals surface area contributed by atoms with Gasteiger partial charge in [0, 0.05) is 0 Å². The van der Waals surface area contributed by atoms with Crippen LogP contribution in [-0.4, -0.2) is 32.2 Å². The number of carbonyl (C=O) groups excluding carboxylic acids is 1. The molecule has 8 heteroatoms. The van der Waals surface area contributed by atoms with Gasteiger partial charge in [0.2, 0.25) is 0 Å². The summed E-state index contributed by atoms with van der Waals surface area (Å²) >= 11 is 0. The quantitative estimate of drug-likeness (QED) is 0.740. The van der Waals surface area contributed by atoms with Crippen LogP contribution in [0, 0.1) is 5.82 Å². The lowest BCUT2D eigenvalue weighted by Crippen LogP contribution is -2.36. The van der Waals surface area contributed by atoms with Crippen LogP contribution in [0.3, 0.4) is 0 Å². The fraction of sp³-hybridized carbons (Fsp3) is 0.176. The molecule has 0 spiro atoms. The molecule has 0 radical (unpaired) electrons. The molecule has 0 aliphatic carbocycles. The number of carbonyl (C=O) groups is 1. The Labute approximate surface area is 143 Å². The number of aromatic nitrogens is 4. The molecule has 0 saturated heterocycles. The summed E-state index contributed by atoms with van der Waals surface area (Å²) in [5.41, 5.74) is 0.601. The molecule has 128 valence electrons. The molecule has 2 aromatic carbocycles. The third kappa shape index (κ3) is 4.17. The van der Waals surface area contributed by atoms with Gasteiger partial charge in [0.25, 0.3) is 5.91 Å². The van der Waals surface area contributed by atoms with Crippen molar-refractivity contribution in [3.05, 3.63) is 66.2 Å². The van der Waals surface area contributed by atoms with Gasteiger partial charge in [0.05, 0.1) is 12.2 Å². The molecule has 0 aliphatic rings. The van der Waals surface area contributed by atoms with Crippen LogP contribution in [0.4, 0.5) is 4.39 Å². The first-order chi connectivity index (χ1) is 12.1. The molecule has 1 heterocycles. The summed E-state index contributed by atoms with van der Waals surface area (Å²) in [5.74, 6) is 0.393. The van der Waals surface area contributed by atoms with E-state index in [1.807, 2.05) is 18.2 Å². The largest absolute Gasteiger partial charge is 0.481 e. The van der Waals surface area contributed by atoms with Crippen molar-refractivity contribution in [3.8, 4) is 11.4 Å². The number of halogens is 1. The van der Waals surface area contributed by atoms with Gasteiger partial charge in [-0.3, -0.25) is 4.79 Å². The lowest BCUT2D eigenvalue weighted by atomic mass is 10.3. The molecular weight excluding hydrogens is 325 g/mol. The van der Waals surface area contributed by atoms with Gasteiger partial charge in [-0.25, -0.2) is 4.39 Å². The molecule has 0 fully saturated rings. The molecule has 1 aromatic heterocycles. The van der Waals surface area contributed by atoms with Crippen molar-refractivity contribution in [2.75, 3.05) is 0 Å². The van der Waals surface area contributed by atoms with E-state index in [0.29, 0.717) is 17.3 Å². The van der Waals surface area contributed by atoms with Gasteiger partial charge in [-0.2, -0.15) is 4.68 Å². The highest BCUT2D eigenvalue weighted by molar-refractivity contribution is 5.80. The van der Waals surface area contributed by atoms with Crippen LogP contribution in [0.5, 0.6) is 5.75 Å². The zero-order valence-electron chi connectivity index (χ0n) is 13.5. The molecule has 0 bridgehead atoms. The maximum Gasteiger partial charge on any atom is 0.261 e. The third-order valence-electron chi connectivity index (χ3n) is 3.45. The smallest absolute Gasteiger partial charge is 0.261 e. The summed E-state index contributed by atoms with van der Waals surface area (Å²) in [4.78, 5) is 12.2. The standard InChI is InChI=1S/C17H16FN5O2/c1-12(25-15-5-3-2-4-6-15)17(24)19-11-16-20-21-22-23(16)14-9-7-13(18)8-10-14/h2-10,12H,11H2,1H3,(H,19,24). The van der Waals surface area contributed by atoms with Gasteiger partial charge in [-0.05, 0) is 53.7 Å². The number of ether oxygens (including phenoxy) is 1. The summed E-state index contributed by atoms with van der Waals surface area (Å²) in [5, 5.41) is 14.1. The number of tetrazole rings is 1. The number of benzene rings is 2. The van der Waals surface area contributed by atoms with E-state index in [1.54, 1.807) is 31.2 Å². The predicted octanol–water partition coefficient (Wildman–Crippen LogP) is 1.89. The van der Waals surface area contributed by atoms with Crippen molar-refractivity contribution in [1.82, 2.24) is 25.5 Å². The fourth-order valence-electron chi connectivity index (χ4n) is 2.17. The van der Waals surface area contributed by atoms with E-state index < -0.39 is 6.10 Å². The van der Waals surface area contributed by atoms with Crippen LogP contribution in [0.2, 0.25) is 0 Å². The zero-order valence-corrected chi connectivity index (χ0v) is 13.5. The lowest BCUT2D eigenvalue weighted by Gasteiger charge is -2.14. The van der Waals surface area contributed by atoms with Gasteiger partial charge in [0.1, 0.15) is 11.6 Å². The van der Waals surface area contributed by atoms with Gasteiger partial charge >= 0.3 is 0 Å². The maximum atomic E-state index is 13.0. The second-order valence-electron chi connectivity index (χ2n) is 5.27. The molecule has 3 aromatic rings. The summed E-state index contributed by atoms with van der Waals surface area (Å²) in [6, 6.07) is 14.8. The number of para-hydroxylation sites is 1. The minimum absolute atomic E-state index is 0.117. The first-order valence-corrected chi connectivity index (χ1v) is 7.66. The highest BCUT2D eigenvalue weighted by atomic mass is 19.1. The summed E-state index contributed by atoms with van der Waals surface area (Å²) in [6.07, 6.45) is -0.669. The number of nitrogens with one attached hydrogen (secondary N) is 1. The Morgan fingerprint density at radius 1 is 1.20 bits per heavy atom. The van der Waals surface area contributed by atoms with Crippen LogP contribution in [-0.2, 0) is 11.3 Å². The zero-order chi connectivity index (χ0) is 17.6. The van der Waals surface area contributed by atoms with Crippen molar-refractivity contribution < 1.29 is 13.9 Å². The predicted molar refractivity (Wildman–Crippen MR) is 87.5 cm³/mol. The Morgan fingerprint density at radius 2 is 1.92 bits per heavy atom. The summed E-state index contributed by atoms with van der Waals surface area (Å²) in [7, 11) is 0. The van der Waals surface area contributed by atoms with Crippen LogP contribution in [0.1, 0.15) is 12.7 Å². The van der Waals surface area contributed by atoms with Gasteiger partial charge in [-0.15, -0.1) is 5.10 Å². The first-order valence-electron chi connectivity index (χ1n) is 7.66. The fourth-order valence-corrected chi connectivity index (χ4v) is 2.17. The molecule has 25 heavy (non-hydrogen) atoms. The monoisotopic (exact) mass is 341 g/mol. The minimum atomic E-state index is -0.669. The SMILES string of the molecule is CC(Oc1ccccc1)C(=O)NCc1nnnn1-c1ccc(F)cc1. The van der Waals surface area contributed by atoms with Crippen molar-refractivity contribution in [2.24, 2.45) is 0 Å². The molecular formula is C17H16FN5O2. The van der Waals surface area contributed by atoms with Crippen LogP contribution >= 0.6 is 0 Å². The molecule has 7 nitrogen and oxygen atoms in total. The summed E-state index contributed by atoms with van der Waals surface area (Å²) in [6.45, 7) is 1.77. The van der Waals surface area contributed by atoms with Crippen molar-refractivity contribution in [3.63, 3.8) is 0 Å². The second-order valence-corrected chi connectivity index (χ2v) is 5.27. The van der Waals surface area contributed by atoms with E-state index in [9.17, 15) is 9.18 Å². The van der Waals surface area contributed by atoms with Crippen molar-refractivity contribution >= 4 is 5.91 Å². The normalized spacial score (nSPS) is 11.8. The second kappa shape index (κ2) is 7.52. The van der Waals surface area contributed by atoms with Gasteiger partial charge < -0.3 is 10.1 Å². The van der Waals surface area contributed by atoms with E-state index in [2.05, 4.69) is 20.8 Å². The molecule has 3 rings (SSSR count). The Kier molecular flexibility index (Phi) is 4.98. The lowest BCUT2D eigenvalue weighted by molar-refractivity contribution is -0.127. The van der Waals surface area contributed by atoms with E-state index >= 15 is 0 Å². The topological polar surface area (TPSA) is 81.9 Å². The Bertz CT molecular complexity index is 836. The number of amides is 1. The van der Waals surface area contributed by atoms with E-state index in [4.69, 9.17) is 4.74 Å². The van der Waals surface area contributed by atoms with E-state index in [0.717, 1.165) is 0 Å². The average molecular weight is 341 g/mol. The van der Waals surface area contributed by atoms with Crippen molar-refractivity contribution in [1.29, 1.82) is 0 Å².